The standard InChI is InChI=1S/C12H12INOS/c1-8-3-2-4-9(12(8)13)10(15)7-11-14-5-6-16-11/h2-6,10,15H,7H2,1H3. The van der Waals surface area contributed by atoms with Crippen molar-refractivity contribution in [3.8, 4) is 0 Å². The topological polar surface area (TPSA) is 33.1 Å². The molecule has 1 aromatic heterocycles. The Morgan fingerprint density at radius 2 is 2.31 bits per heavy atom. The molecule has 0 spiro atoms. The van der Waals surface area contributed by atoms with E-state index in [4.69, 9.17) is 0 Å². The van der Waals surface area contributed by atoms with E-state index < -0.39 is 6.10 Å². The van der Waals surface area contributed by atoms with Crippen molar-refractivity contribution in [3.63, 3.8) is 0 Å². The Bertz CT molecular complexity index is 470. The largest absolute Gasteiger partial charge is 0.388 e. The second-order valence-corrected chi connectivity index (χ2v) is 5.68. The average Bonchev–Trinajstić information content (AvgIpc) is 2.74. The van der Waals surface area contributed by atoms with Crippen molar-refractivity contribution in [2.75, 3.05) is 0 Å². The van der Waals surface area contributed by atoms with Crippen LogP contribution in [0.1, 0.15) is 22.2 Å². The van der Waals surface area contributed by atoms with Gasteiger partial charge in [0, 0.05) is 21.6 Å². The number of aliphatic hydroxyl groups excluding tert-OH is 1. The third-order valence-electron chi connectivity index (χ3n) is 2.43. The Kier molecular flexibility index (Phi) is 3.94. The van der Waals surface area contributed by atoms with Crippen molar-refractivity contribution in [2.45, 2.75) is 19.4 Å². The molecule has 1 atom stereocenters. The van der Waals surface area contributed by atoms with Crippen LogP contribution >= 0.6 is 33.9 Å². The van der Waals surface area contributed by atoms with Crippen molar-refractivity contribution >= 4 is 33.9 Å². The van der Waals surface area contributed by atoms with Gasteiger partial charge in [-0.3, -0.25) is 0 Å². The third kappa shape index (κ3) is 2.61. The van der Waals surface area contributed by atoms with Gasteiger partial charge >= 0.3 is 0 Å². The number of benzene rings is 1. The predicted octanol–water partition coefficient (Wildman–Crippen LogP) is 3.33. The van der Waals surface area contributed by atoms with Gasteiger partial charge in [0.25, 0.3) is 0 Å². The molecular formula is C12H12INOS. The van der Waals surface area contributed by atoms with Gasteiger partial charge in [-0.15, -0.1) is 11.3 Å². The van der Waals surface area contributed by atoms with Crippen LogP contribution in [0.2, 0.25) is 0 Å². The molecule has 0 radical (unpaired) electrons. The molecular weight excluding hydrogens is 333 g/mol. The van der Waals surface area contributed by atoms with Gasteiger partial charge < -0.3 is 5.11 Å². The van der Waals surface area contributed by atoms with Crippen LogP contribution in [0.15, 0.2) is 29.8 Å². The number of aliphatic hydroxyl groups is 1. The maximum Gasteiger partial charge on any atom is 0.0954 e. The molecule has 2 aromatic rings. The lowest BCUT2D eigenvalue weighted by atomic mass is 10.0. The molecule has 0 aliphatic rings. The summed E-state index contributed by atoms with van der Waals surface area (Å²) >= 11 is 3.87. The normalized spacial score (nSPS) is 12.7. The molecule has 0 aliphatic carbocycles. The Labute approximate surface area is 112 Å². The minimum atomic E-state index is -0.460. The van der Waals surface area contributed by atoms with Gasteiger partial charge in [0.05, 0.1) is 11.1 Å². The SMILES string of the molecule is Cc1cccc(C(O)Cc2nccs2)c1I. The maximum absolute atomic E-state index is 10.2. The molecule has 2 rings (SSSR count). The number of hydrogen-bond donors (Lipinski definition) is 1. The van der Waals surface area contributed by atoms with Crippen LogP contribution in [0.25, 0.3) is 0 Å². The smallest absolute Gasteiger partial charge is 0.0954 e. The second-order valence-electron chi connectivity index (χ2n) is 3.62. The number of halogens is 1. The molecule has 1 aromatic carbocycles. The zero-order valence-corrected chi connectivity index (χ0v) is 11.8. The van der Waals surface area contributed by atoms with Crippen LogP contribution < -0.4 is 0 Å². The number of rotatable bonds is 3. The highest BCUT2D eigenvalue weighted by Gasteiger charge is 2.14. The summed E-state index contributed by atoms with van der Waals surface area (Å²) in [5, 5.41) is 13.1. The summed E-state index contributed by atoms with van der Waals surface area (Å²) in [5.41, 5.74) is 2.20. The fourth-order valence-corrected chi connectivity index (χ4v) is 2.93. The molecule has 1 unspecified atom stereocenters. The van der Waals surface area contributed by atoms with E-state index in [1.807, 2.05) is 17.5 Å². The molecule has 0 saturated carbocycles. The first-order chi connectivity index (χ1) is 7.68. The summed E-state index contributed by atoms with van der Waals surface area (Å²) in [6.45, 7) is 2.06. The van der Waals surface area contributed by atoms with Crippen molar-refractivity contribution in [2.24, 2.45) is 0 Å². The number of aryl methyl sites for hydroxylation is 1. The molecule has 0 saturated heterocycles. The summed E-state index contributed by atoms with van der Waals surface area (Å²) in [7, 11) is 0. The van der Waals surface area contributed by atoms with Crippen molar-refractivity contribution in [1.29, 1.82) is 0 Å². The van der Waals surface area contributed by atoms with Crippen LogP contribution in [0.5, 0.6) is 0 Å². The van der Waals surface area contributed by atoms with E-state index in [0.29, 0.717) is 6.42 Å². The molecule has 1 N–H and O–H groups in total. The fraction of sp³-hybridized carbons (Fsp3) is 0.250. The summed E-state index contributed by atoms with van der Waals surface area (Å²) in [6, 6.07) is 6.02. The molecule has 0 aliphatic heterocycles. The van der Waals surface area contributed by atoms with Gasteiger partial charge in [-0.05, 0) is 40.6 Å². The number of thiazole rings is 1. The predicted molar refractivity (Wildman–Crippen MR) is 74.7 cm³/mol. The minimum Gasteiger partial charge on any atom is -0.388 e. The Balaban J connectivity index is 2.21. The second kappa shape index (κ2) is 5.25. The molecule has 1 heterocycles. The lowest BCUT2D eigenvalue weighted by Gasteiger charge is -2.12. The van der Waals surface area contributed by atoms with Crippen LogP contribution in [0.4, 0.5) is 0 Å². The van der Waals surface area contributed by atoms with Gasteiger partial charge in [0.15, 0.2) is 0 Å². The van der Waals surface area contributed by atoms with E-state index in [1.165, 1.54) is 5.56 Å². The van der Waals surface area contributed by atoms with Crippen molar-refractivity contribution in [1.82, 2.24) is 4.98 Å². The van der Waals surface area contributed by atoms with Gasteiger partial charge in [0.2, 0.25) is 0 Å². The first kappa shape index (κ1) is 12.0. The summed E-state index contributed by atoms with van der Waals surface area (Å²) < 4.78 is 1.14. The lowest BCUT2D eigenvalue weighted by Crippen LogP contribution is -2.04. The van der Waals surface area contributed by atoms with E-state index >= 15 is 0 Å². The van der Waals surface area contributed by atoms with E-state index in [1.54, 1.807) is 17.5 Å². The van der Waals surface area contributed by atoms with E-state index in [2.05, 4.69) is 40.6 Å². The number of aromatic nitrogens is 1. The molecule has 4 heteroatoms. The van der Waals surface area contributed by atoms with Crippen LogP contribution in [-0.4, -0.2) is 10.1 Å². The van der Waals surface area contributed by atoms with Crippen molar-refractivity contribution < 1.29 is 5.11 Å². The minimum absolute atomic E-state index is 0.460. The number of hydrogen-bond acceptors (Lipinski definition) is 3. The average molecular weight is 345 g/mol. The Hall–Kier alpha value is -0.460. The first-order valence-electron chi connectivity index (χ1n) is 5.00. The van der Waals surface area contributed by atoms with Gasteiger partial charge in [-0.25, -0.2) is 4.98 Å². The van der Waals surface area contributed by atoms with Gasteiger partial charge in [-0.1, -0.05) is 18.2 Å². The van der Waals surface area contributed by atoms with Gasteiger partial charge in [0.1, 0.15) is 0 Å². The van der Waals surface area contributed by atoms with Crippen LogP contribution in [0.3, 0.4) is 0 Å². The first-order valence-corrected chi connectivity index (χ1v) is 6.96. The number of nitrogens with zero attached hydrogens (tertiary/aromatic N) is 1. The Morgan fingerprint density at radius 3 is 3.00 bits per heavy atom. The summed E-state index contributed by atoms with van der Waals surface area (Å²) in [6.07, 6.45) is 1.91. The van der Waals surface area contributed by atoms with Crippen LogP contribution in [0, 0.1) is 10.5 Å². The fourth-order valence-electron chi connectivity index (χ4n) is 1.56. The highest BCUT2D eigenvalue weighted by Crippen LogP contribution is 2.26. The third-order valence-corrected chi connectivity index (χ3v) is 4.71. The molecule has 2 nitrogen and oxygen atoms in total. The zero-order chi connectivity index (χ0) is 11.5. The van der Waals surface area contributed by atoms with Crippen molar-refractivity contribution in [3.05, 3.63) is 49.5 Å². The van der Waals surface area contributed by atoms with E-state index in [0.717, 1.165) is 14.1 Å². The zero-order valence-electron chi connectivity index (χ0n) is 8.85. The molecule has 84 valence electrons. The monoisotopic (exact) mass is 345 g/mol. The molecule has 0 amide bonds. The molecule has 0 bridgehead atoms. The lowest BCUT2D eigenvalue weighted by molar-refractivity contribution is 0.177. The maximum atomic E-state index is 10.2. The van der Waals surface area contributed by atoms with E-state index in [-0.39, 0.29) is 0 Å². The molecule has 0 fully saturated rings. The van der Waals surface area contributed by atoms with Gasteiger partial charge in [-0.2, -0.15) is 0 Å². The summed E-state index contributed by atoms with van der Waals surface area (Å²) in [5.74, 6) is 0. The van der Waals surface area contributed by atoms with E-state index in [9.17, 15) is 5.11 Å². The van der Waals surface area contributed by atoms with Crippen LogP contribution in [-0.2, 0) is 6.42 Å². The highest BCUT2D eigenvalue weighted by molar-refractivity contribution is 14.1. The summed E-state index contributed by atoms with van der Waals surface area (Å²) in [4.78, 5) is 4.19. The quantitative estimate of drug-likeness (QED) is 0.866. The highest BCUT2D eigenvalue weighted by atomic mass is 127. The molecule has 16 heavy (non-hydrogen) atoms. The Morgan fingerprint density at radius 1 is 1.50 bits per heavy atom.